The van der Waals surface area contributed by atoms with Crippen molar-refractivity contribution in [3.05, 3.63) is 29.8 Å². The predicted octanol–water partition coefficient (Wildman–Crippen LogP) is 0.943. The Kier molecular flexibility index (Phi) is 5.50. The fourth-order valence-corrected chi connectivity index (χ4v) is 3.19. The van der Waals surface area contributed by atoms with Crippen molar-refractivity contribution >= 4 is 21.4 Å². The third-order valence-electron chi connectivity index (χ3n) is 2.63. The molecule has 1 unspecified atom stereocenters. The second kappa shape index (κ2) is 6.68. The van der Waals surface area contributed by atoms with Gasteiger partial charge in [-0.25, -0.2) is 8.42 Å². The van der Waals surface area contributed by atoms with E-state index in [1.807, 2.05) is 19.1 Å². The van der Waals surface area contributed by atoms with E-state index in [1.165, 1.54) is 0 Å². The van der Waals surface area contributed by atoms with Crippen LogP contribution < -0.4 is 11.1 Å². The Balaban J connectivity index is 2.57. The van der Waals surface area contributed by atoms with Crippen molar-refractivity contribution in [3.8, 4) is 0 Å². The number of sulfone groups is 1. The van der Waals surface area contributed by atoms with Crippen molar-refractivity contribution in [2.45, 2.75) is 13.8 Å². The highest BCUT2D eigenvalue weighted by molar-refractivity contribution is 7.92. The van der Waals surface area contributed by atoms with Gasteiger partial charge in [0.05, 0.1) is 5.75 Å². The summed E-state index contributed by atoms with van der Waals surface area (Å²) in [5.74, 6) is -1.24. The molecule has 3 N–H and O–H groups in total. The lowest BCUT2D eigenvalue weighted by molar-refractivity contribution is -0.113. The summed E-state index contributed by atoms with van der Waals surface area (Å²) in [6, 6.07) is 7.17. The molecule has 0 aliphatic rings. The number of hydrogen-bond acceptors (Lipinski definition) is 4. The average Bonchev–Trinajstić information content (AvgIpc) is 2.30. The summed E-state index contributed by atoms with van der Waals surface area (Å²) in [6.07, 6.45) is 0. The molecule has 0 aliphatic heterocycles. The summed E-state index contributed by atoms with van der Waals surface area (Å²) in [5.41, 5.74) is 7.05. The molecule has 5 nitrogen and oxygen atoms in total. The molecule has 0 fully saturated rings. The first kappa shape index (κ1) is 15.7. The first-order valence-electron chi connectivity index (χ1n) is 6.09. The average molecular weight is 284 g/mol. The zero-order valence-corrected chi connectivity index (χ0v) is 12.0. The third-order valence-corrected chi connectivity index (χ3v) is 4.41. The molecule has 1 aromatic rings. The smallest absolute Gasteiger partial charge is 0.239 e. The standard InChI is InChI=1S/C13H20N2O3S/c1-10-3-5-12(6-4-10)15-13(16)9-19(17,18)8-11(2)7-14/h3-6,11H,7-9,14H2,1-2H3,(H,15,16). The molecule has 0 heterocycles. The van der Waals surface area contributed by atoms with E-state index in [0.29, 0.717) is 12.2 Å². The van der Waals surface area contributed by atoms with E-state index in [1.54, 1.807) is 19.1 Å². The van der Waals surface area contributed by atoms with Crippen LogP contribution in [0.15, 0.2) is 24.3 Å². The van der Waals surface area contributed by atoms with Gasteiger partial charge >= 0.3 is 0 Å². The van der Waals surface area contributed by atoms with Crippen LogP contribution >= 0.6 is 0 Å². The molecule has 106 valence electrons. The van der Waals surface area contributed by atoms with Gasteiger partial charge in [-0.15, -0.1) is 0 Å². The quantitative estimate of drug-likeness (QED) is 0.813. The molecule has 0 saturated carbocycles. The van der Waals surface area contributed by atoms with Crippen molar-refractivity contribution in [1.29, 1.82) is 0 Å². The SMILES string of the molecule is Cc1ccc(NC(=O)CS(=O)(=O)CC(C)CN)cc1. The molecule has 0 aliphatic carbocycles. The van der Waals surface area contributed by atoms with E-state index in [0.717, 1.165) is 5.56 Å². The topological polar surface area (TPSA) is 89.3 Å². The molecule has 0 spiro atoms. The highest BCUT2D eigenvalue weighted by atomic mass is 32.2. The second-order valence-electron chi connectivity index (χ2n) is 4.81. The maximum absolute atomic E-state index is 11.7. The summed E-state index contributed by atoms with van der Waals surface area (Å²) in [4.78, 5) is 11.7. The first-order chi connectivity index (χ1) is 8.82. The molecule has 6 heteroatoms. The molecular formula is C13H20N2O3S. The van der Waals surface area contributed by atoms with E-state index < -0.39 is 21.5 Å². The van der Waals surface area contributed by atoms with Crippen molar-refractivity contribution in [1.82, 2.24) is 0 Å². The second-order valence-corrected chi connectivity index (χ2v) is 6.92. The number of rotatable bonds is 6. The van der Waals surface area contributed by atoms with E-state index in [9.17, 15) is 13.2 Å². The van der Waals surface area contributed by atoms with E-state index in [2.05, 4.69) is 5.32 Å². The van der Waals surface area contributed by atoms with Crippen LogP contribution in [0.5, 0.6) is 0 Å². The van der Waals surface area contributed by atoms with Gasteiger partial charge in [0, 0.05) is 5.69 Å². The Morgan fingerprint density at radius 3 is 2.42 bits per heavy atom. The summed E-state index contributed by atoms with van der Waals surface area (Å²) in [7, 11) is -3.41. The van der Waals surface area contributed by atoms with Gasteiger partial charge in [-0.3, -0.25) is 4.79 Å². The molecule has 0 saturated heterocycles. The Bertz CT molecular complexity index is 523. The minimum Gasteiger partial charge on any atom is -0.330 e. The van der Waals surface area contributed by atoms with Crippen LogP contribution in [-0.2, 0) is 14.6 Å². The number of nitrogens with one attached hydrogen (secondary N) is 1. The highest BCUT2D eigenvalue weighted by Crippen LogP contribution is 2.09. The fourth-order valence-electron chi connectivity index (χ4n) is 1.59. The molecule has 1 aromatic carbocycles. The molecule has 19 heavy (non-hydrogen) atoms. The van der Waals surface area contributed by atoms with Crippen LogP contribution in [0.2, 0.25) is 0 Å². The van der Waals surface area contributed by atoms with Crippen LogP contribution in [0.3, 0.4) is 0 Å². The van der Waals surface area contributed by atoms with Gasteiger partial charge in [-0.1, -0.05) is 24.6 Å². The van der Waals surface area contributed by atoms with E-state index in [4.69, 9.17) is 5.73 Å². The number of aryl methyl sites for hydroxylation is 1. The van der Waals surface area contributed by atoms with Crippen LogP contribution in [0.4, 0.5) is 5.69 Å². The van der Waals surface area contributed by atoms with Gasteiger partial charge in [0.25, 0.3) is 0 Å². The maximum Gasteiger partial charge on any atom is 0.239 e. The number of nitrogens with two attached hydrogens (primary N) is 1. The minimum atomic E-state index is -3.41. The van der Waals surface area contributed by atoms with Crippen LogP contribution in [0.1, 0.15) is 12.5 Å². The molecule has 0 radical (unpaired) electrons. The molecule has 1 atom stereocenters. The lowest BCUT2D eigenvalue weighted by Gasteiger charge is -2.10. The molecule has 1 amide bonds. The van der Waals surface area contributed by atoms with Gasteiger partial charge in [0.2, 0.25) is 5.91 Å². The number of amides is 1. The van der Waals surface area contributed by atoms with Gasteiger partial charge in [-0.2, -0.15) is 0 Å². The van der Waals surface area contributed by atoms with Gasteiger partial charge < -0.3 is 11.1 Å². The zero-order chi connectivity index (χ0) is 14.5. The van der Waals surface area contributed by atoms with Gasteiger partial charge in [-0.05, 0) is 31.5 Å². The van der Waals surface area contributed by atoms with Gasteiger partial charge in [0.15, 0.2) is 9.84 Å². The Hall–Kier alpha value is -1.40. The summed E-state index contributed by atoms with van der Waals surface area (Å²) in [5, 5.41) is 2.57. The first-order valence-corrected chi connectivity index (χ1v) is 7.91. The molecular weight excluding hydrogens is 264 g/mol. The largest absolute Gasteiger partial charge is 0.330 e. The van der Waals surface area contributed by atoms with Crippen LogP contribution in [0.25, 0.3) is 0 Å². The predicted molar refractivity (Wildman–Crippen MR) is 76.7 cm³/mol. The third kappa shape index (κ3) is 5.85. The number of benzene rings is 1. The summed E-state index contributed by atoms with van der Waals surface area (Å²) >= 11 is 0. The summed E-state index contributed by atoms with van der Waals surface area (Å²) < 4.78 is 23.5. The monoisotopic (exact) mass is 284 g/mol. The number of carbonyl (C=O) groups excluding carboxylic acids is 1. The van der Waals surface area contributed by atoms with Crippen LogP contribution in [0, 0.1) is 12.8 Å². The Labute approximate surface area is 114 Å². The minimum absolute atomic E-state index is 0.0647. The Morgan fingerprint density at radius 2 is 1.89 bits per heavy atom. The number of anilines is 1. The molecule has 0 aromatic heterocycles. The van der Waals surface area contributed by atoms with Gasteiger partial charge in [0.1, 0.15) is 5.75 Å². The normalized spacial score (nSPS) is 13.0. The van der Waals surface area contributed by atoms with Crippen LogP contribution in [-0.4, -0.2) is 32.4 Å². The van der Waals surface area contributed by atoms with Crippen molar-refractivity contribution in [2.75, 3.05) is 23.4 Å². The highest BCUT2D eigenvalue weighted by Gasteiger charge is 2.19. The zero-order valence-electron chi connectivity index (χ0n) is 11.2. The summed E-state index contributed by atoms with van der Waals surface area (Å²) in [6.45, 7) is 3.97. The van der Waals surface area contributed by atoms with E-state index in [-0.39, 0.29) is 11.7 Å². The Morgan fingerprint density at radius 1 is 1.32 bits per heavy atom. The van der Waals surface area contributed by atoms with Crippen molar-refractivity contribution < 1.29 is 13.2 Å². The van der Waals surface area contributed by atoms with Crippen molar-refractivity contribution in [2.24, 2.45) is 11.7 Å². The number of carbonyl (C=O) groups is 1. The lowest BCUT2D eigenvalue weighted by atomic mass is 10.2. The lowest BCUT2D eigenvalue weighted by Crippen LogP contribution is -2.29. The number of hydrogen-bond donors (Lipinski definition) is 2. The molecule has 1 rings (SSSR count). The fraction of sp³-hybridized carbons (Fsp3) is 0.462. The maximum atomic E-state index is 11.7. The molecule has 0 bridgehead atoms. The van der Waals surface area contributed by atoms with E-state index >= 15 is 0 Å². The van der Waals surface area contributed by atoms with Crippen molar-refractivity contribution in [3.63, 3.8) is 0 Å².